The third-order valence-electron chi connectivity index (χ3n) is 0.763. The average Bonchev–Trinajstić information content (AvgIpc) is 1.97. The van der Waals surface area contributed by atoms with E-state index in [2.05, 4.69) is 15.8 Å². The van der Waals surface area contributed by atoms with Gasteiger partial charge in [-0.25, -0.2) is 4.79 Å². The highest BCUT2D eigenvalue weighted by Crippen LogP contribution is 1.70. The van der Waals surface area contributed by atoms with E-state index < -0.39 is 12.0 Å². The van der Waals surface area contributed by atoms with Crippen LogP contribution in [0.2, 0.25) is 0 Å². The Morgan fingerprint density at radius 1 is 1.64 bits per heavy atom. The minimum Gasteiger partial charge on any atom is -0.448 e. The fourth-order valence-electron chi connectivity index (χ4n) is 0.367. The topological polar surface area (TPSA) is 81.4 Å². The number of primary amides is 1. The van der Waals surface area contributed by atoms with E-state index in [1.54, 1.807) is 0 Å². The van der Waals surface area contributed by atoms with Crippen LogP contribution in [0.4, 0.5) is 4.79 Å². The van der Waals surface area contributed by atoms with Crippen LogP contribution in [0.1, 0.15) is 0 Å². The van der Waals surface area contributed by atoms with E-state index in [1.165, 1.54) is 0 Å². The molecule has 0 aliphatic heterocycles. The molecule has 0 radical (unpaired) electrons. The molecule has 0 aromatic heterocycles. The van der Waals surface area contributed by atoms with E-state index in [0.29, 0.717) is 0 Å². The molecule has 5 nitrogen and oxygen atoms in total. The number of rotatable bonds is 3. The van der Waals surface area contributed by atoms with Crippen LogP contribution in [-0.4, -0.2) is 25.2 Å². The monoisotopic (exact) mass is 156 g/mol. The molecule has 0 fully saturated rings. The van der Waals surface area contributed by atoms with Gasteiger partial charge in [0.25, 0.3) is 5.91 Å². The van der Waals surface area contributed by atoms with Crippen LogP contribution in [-0.2, 0) is 9.53 Å². The molecule has 0 aromatic rings. The highest BCUT2D eigenvalue weighted by molar-refractivity contribution is 5.92. The molecule has 0 rings (SSSR count). The molecule has 0 saturated carbocycles. The molecule has 0 aliphatic rings. The summed E-state index contributed by atoms with van der Waals surface area (Å²) in [6.07, 6.45) is 3.84. The fourth-order valence-corrected chi connectivity index (χ4v) is 0.367. The van der Waals surface area contributed by atoms with Crippen LogP contribution in [0.5, 0.6) is 0 Å². The van der Waals surface area contributed by atoms with Gasteiger partial charge in [0, 0.05) is 0 Å². The first-order valence-corrected chi connectivity index (χ1v) is 2.83. The molecule has 0 heterocycles. The summed E-state index contributed by atoms with van der Waals surface area (Å²) in [5.74, 6) is 1.29. The van der Waals surface area contributed by atoms with Crippen molar-refractivity contribution in [2.75, 3.05) is 13.2 Å². The predicted octanol–water partition coefficient (Wildman–Crippen LogP) is -1.17. The van der Waals surface area contributed by atoms with Gasteiger partial charge in [0.15, 0.2) is 0 Å². The molecule has 5 heteroatoms. The lowest BCUT2D eigenvalue weighted by atomic mass is 10.6. The quantitative estimate of drug-likeness (QED) is 0.399. The van der Waals surface area contributed by atoms with E-state index in [9.17, 15) is 9.59 Å². The van der Waals surface area contributed by atoms with Gasteiger partial charge in [-0.3, -0.25) is 4.79 Å². The molecule has 2 amide bonds. The molecule has 11 heavy (non-hydrogen) atoms. The van der Waals surface area contributed by atoms with Gasteiger partial charge < -0.3 is 15.8 Å². The zero-order valence-electron chi connectivity index (χ0n) is 5.79. The van der Waals surface area contributed by atoms with Gasteiger partial charge in [-0.15, -0.1) is 6.42 Å². The maximum Gasteiger partial charge on any atom is 0.404 e. The Labute approximate surface area is 63.9 Å². The summed E-state index contributed by atoms with van der Waals surface area (Å²) >= 11 is 0. The summed E-state index contributed by atoms with van der Waals surface area (Å²) in [7, 11) is 0. The van der Waals surface area contributed by atoms with Crippen molar-refractivity contribution in [3.63, 3.8) is 0 Å². The second-order valence-electron chi connectivity index (χ2n) is 1.57. The minimum atomic E-state index is -0.875. The maximum atomic E-state index is 10.3. The van der Waals surface area contributed by atoms with Crippen LogP contribution in [0.15, 0.2) is 0 Å². The molecule has 3 N–H and O–H groups in total. The normalized spacial score (nSPS) is 7.91. The van der Waals surface area contributed by atoms with Crippen molar-refractivity contribution in [2.24, 2.45) is 5.73 Å². The predicted molar refractivity (Wildman–Crippen MR) is 37.4 cm³/mol. The number of ether oxygens (including phenoxy) is 1. The lowest BCUT2D eigenvalue weighted by Gasteiger charge is -2.00. The summed E-state index contributed by atoms with van der Waals surface area (Å²) in [6, 6.07) is 0. The number of carbonyl (C=O) groups is 2. The van der Waals surface area contributed by atoms with E-state index in [1.807, 2.05) is 5.92 Å². The highest BCUT2D eigenvalue weighted by atomic mass is 16.5. The molecule has 0 saturated heterocycles. The SMILES string of the molecule is C#CC(=O)NCCOC(N)=O. The summed E-state index contributed by atoms with van der Waals surface area (Å²) in [5.41, 5.74) is 4.63. The fraction of sp³-hybridized carbons (Fsp3) is 0.333. The Balaban J connectivity index is 3.23. The van der Waals surface area contributed by atoms with Crippen molar-refractivity contribution in [3.8, 4) is 12.3 Å². The first-order valence-electron chi connectivity index (χ1n) is 2.83. The third kappa shape index (κ3) is 6.18. The lowest BCUT2D eigenvalue weighted by Crippen LogP contribution is -2.27. The van der Waals surface area contributed by atoms with E-state index in [4.69, 9.17) is 6.42 Å². The van der Waals surface area contributed by atoms with Gasteiger partial charge in [-0.05, 0) is 5.92 Å². The van der Waals surface area contributed by atoms with Gasteiger partial charge in [-0.1, -0.05) is 0 Å². The summed E-state index contributed by atoms with van der Waals surface area (Å²) in [5, 5.41) is 2.28. The molecule has 0 bridgehead atoms. The average molecular weight is 156 g/mol. The molecule has 0 atom stereocenters. The van der Waals surface area contributed by atoms with Gasteiger partial charge in [0.05, 0.1) is 6.54 Å². The zero-order valence-corrected chi connectivity index (χ0v) is 5.79. The van der Waals surface area contributed by atoms with Crippen LogP contribution >= 0.6 is 0 Å². The van der Waals surface area contributed by atoms with Crippen LogP contribution in [0, 0.1) is 12.3 Å². The second-order valence-corrected chi connectivity index (χ2v) is 1.57. The number of nitrogens with one attached hydrogen (secondary N) is 1. The number of terminal acetylenes is 1. The van der Waals surface area contributed by atoms with Gasteiger partial charge >= 0.3 is 6.09 Å². The van der Waals surface area contributed by atoms with Crippen molar-refractivity contribution in [2.45, 2.75) is 0 Å². The molecule has 0 aliphatic carbocycles. The van der Waals surface area contributed by atoms with Crippen LogP contribution < -0.4 is 11.1 Å². The maximum absolute atomic E-state index is 10.3. The Hall–Kier alpha value is -1.70. The molecule has 0 spiro atoms. The first kappa shape index (κ1) is 9.30. The van der Waals surface area contributed by atoms with Crippen molar-refractivity contribution in [1.82, 2.24) is 5.32 Å². The van der Waals surface area contributed by atoms with Gasteiger partial charge in [0.2, 0.25) is 0 Å². The highest BCUT2D eigenvalue weighted by Gasteiger charge is 1.94. The largest absolute Gasteiger partial charge is 0.448 e. The molecular weight excluding hydrogens is 148 g/mol. The summed E-state index contributed by atoms with van der Waals surface area (Å²) < 4.78 is 4.29. The van der Waals surface area contributed by atoms with Crippen LogP contribution in [0.3, 0.4) is 0 Å². The Bertz CT molecular complexity index is 194. The Morgan fingerprint density at radius 3 is 2.73 bits per heavy atom. The number of amides is 2. The van der Waals surface area contributed by atoms with Crippen molar-refractivity contribution in [3.05, 3.63) is 0 Å². The summed E-state index contributed by atoms with van der Waals surface area (Å²) in [6.45, 7) is 0.203. The second kappa shape index (κ2) is 5.11. The first-order chi connectivity index (χ1) is 5.16. The number of hydrogen-bond acceptors (Lipinski definition) is 3. The molecule has 0 aromatic carbocycles. The van der Waals surface area contributed by atoms with Crippen molar-refractivity contribution in [1.29, 1.82) is 0 Å². The Morgan fingerprint density at radius 2 is 2.27 bits per heavy atom. The summed E-state index contributed by atoms with van der Waals surface area (Å²) in [4.78, 5) is 20.3. The van der Waals surface area contributed by atoms with E-state index >= 15 is 0 Å². The molecule has 0 unspecified atom stereocenters. The molecular formula is C6H8N2O3. The molecule has 60 valence electrons. The van der Waals surface area contributed by atoms with Gasteiger partial charge in [0.1, 0.15) is 6.61 Å². The van der Waals surface area contributed by atoms with E-state index in [-0.39, 0.29) is 13.2 Å². The standard InChI is InChI=1S/C6H8N2O3/c1-2-5(9)8-3-4-11-6(7)10/h1H,3-4H2,(H2,7,10)(H,8,9). The smallest absolute Gasteiger partial charge is 0.404 e. The lowest BCUT2D eigenvalue weighted by molar-refractivity contribution is -0.115. The van der Waals surface area contributed by atoms with Crippen molar-refractivity contribution < 1.29 is 14.3 Å². The van der Waals surface area contributed by atoms with Crippen LogP contribution in [0.25, 0.3) is 0 Å². The third-order valence-corrected chi connectivity index (χ3v) is 0.763. The number of carbonyl (C=O) groups excluding carboxylic acids is 2. The van der Waals surface area contributed by atoms with Gasteiger partial charge in [-0.2, -0.15) is 0 Å². The number of nitrogens with two attached hydrogens (primary N) is 1. The minimum absolute atomic E-state index is 0.0305. The zero-order chi connectivity index (χ0) is 8.69. The Kier molecular flexibility index (Phi) is 4.32. The van der Waals surface area contributed by atoms with E-state index in [0.717, 1.165) is 0 Å². The number of hydrogen-bond donors (Lipinski definition) is 2. The van der Waals surface area contributed by atoms with Crippen molar-refractivity contribution >= 4 is 12.0 Å².